The van der Waals surface area contributed by atoms with E-state index in [4.69, 9.17) is 14.7 Å². The number of nitrogens with zero attached hydrogens (tertiary/aromatic N) is 4. The minimum Gasteiger partial charge on any atom is -0.379 e. The number of ether oxygens (including phenoxy) is 1. The van der Waals surface area contributed by atoms with Crippen molar-refractivity contribution < 1.29 is 4.74 Å². The number of fused-ring (bicyclic) bond motifs is 1. The molecule has 0 amide bonds. The van der Waals surface area contributed by atoms with Crippen LogP contribution in [-0.2, 0) is 11.3 Å². The highest BCUT2D eigenvalue weighted by Gasteiger charge is 2.18. The summed E-state index contributed by atoms with van der Waals surface area (Å²) in [5, 5.41) is 7.03. The summed E-state index contributed by atoms with van der Waals surface area (Å²) in [6.07, 6.45) is 2.65. The molecule has 0 radical (unpaired) electrons. The second-order valence-corrected chi connectivity index (χ2v) is 8.91. The topological polar surface area (TPSA) is 53.5 Å². The highest BCUT2D eigenvalue weighted by atomic mass is 32.1. The van der Waals surface area contributed by atoms with Gasteiger partial charge in [-0.15, -0.1) is 11.3 Å². The average molecular weight is 424 g/mol. The summed E-state index contributed by atoms with van der Waals surface area (Å²) in [4.78, 5) is 15.9. The van der Waals surface area contributed by atoms with E-state index in [0.717, 1.165) is 67.8 Å². The van der Waals surface area contributed by atoms with Gasteiger partial charge in [-0.25, -0.2) is 9.97 Å². The molecular formula is C23H29N5OS. The van der Waals surface area contributed by atoms with Crippen LogP contribution >= 0.6 is 11.3 Å². The first-order chi connectivity index (χ1) is 14.9. The van der Waals surface area contributed by atoms with Crippen molar-refractivity contribution in [3.05, 3.63) is 41.5 Å². The van der Waals surface area contributed by atoms with E-state index in [0.29, 0.717) is 0 Å². The van der Waals surface area contributed by atoms with E-state index in [1.165, 1.54) is 37.1 Å². The van der Waals surface area contributed by atoms with Gasteiger partial charge in [0.25, 0.3) is 0 Å². The van der Waals surface area contributed by atoms with E-state index in [9.17, 15) is 0 Å². The van der Waals surface area contributed by atoms with E-state index < -0.39 is 0 Å². The van der Waals surface area contributed by atoms with E-state index >= 15 is 0 Å². The molecule has 158 valence electrons. The quantitative estimate of drug-likeness (QED) is 0.625. The van der Waals surface area contributed by atoms with Gasteiger partial charge in [0.1, 0.15) is 16.5 Å². The Labute approximate surface area is 181 Å². The Kier molecular flexibility index (Phi) is 6.22. The summed E-state index contributed by atoms with van der Waals surface area (Å²) in [5.74, 6) is 1.87. The van der Waals surface area contributed by atoms with Crippen LogP contribution in [0, 0.1) is 0 Å². The van der Waals surface area contributed by atoms with E-state index in [2.05, 4.69) is 50.8 Å². The number of thiophene rings is 1. The van der Waals surface area contributed by atoms with Crippen LogP contribution in [0.1, 0.15) is 18.7 Å². The molecule has 0 saturated carbocycles. The van der Waals surface area contributed by atoms with Crippen molar-refractivity contribution in [3.63, 3.8) is 0 Å². The smallest absolute Gasteiger partial charge is 0.146 e. The number of nitrogens with one attached hydrogen (secondary N) is 1. The molecule has 7 heteroatoms. The molecule has 2 saturated heterocycles. The van der Waals surface area contributed by atoms with Crippen molar-refractivity contribution in [3.8, 4) is 11.1 Å². The van der Waals surface area contributed by atoms with Crippen molar-refractivity contribution in [1.82, 2.24) is 19.8 Å². The van der Waals surface area contributed by atoms with Crippen LogP contribution in [-0.4, -0.2) is 72.3 Å². The molecule has 30 heavy (non-hydrogen) atoms. The number of hydrogen-bond acceptors (Lipinski definition) is 7. The molecule has 0 bridgehead atoms. The summed E-state index contributed by atoms with van der Waals surface area (Å²) < 4.78 is 5.49. The largest absolute Gasteiger partial charge is 0.379 e. The minimum atomic E-state index is 0.776. The Morgan fingerprint density at radius 1 is 0.967 bits per heavy atom. The normalized spacial score (nSPS) is 18.3. The molecule has 5 rings (SSSR count). The Morgan fingerprint density at radius 2 is 1.77 bits per heavy atom. The van der Waals surface area contributed by atoms with Crippen molar-refractivity contribution in [1.29, 1.82) is 0 Å². The number of anilines is 1. The fourth-order valence-corrected chi connectivity index (χ4v) is 5.28. The van der Waals surface area contributed by atoms with Crippen LogP contribution in [0.2, 0.25) is 0 Å². The molecule has 6 nitrogen and oxygen atoms in total. The maximum absolute atomic E-state index is 5.49. The lowest BCUT2D eigenvalue weighted by molar-refractivity contribution is 0.0331. The Bertz CT molecular complexity index is 964. The molecule has 2 fully saturated rings. The van der Waals surface area contributed by atoms with Crippen molar-refractivity contribution in [2.24, 2.45) is 0 Å². The number of rotatable bonds is 7. The average Bonchev–Trinajstić information content (AvgIpc) is 3.45. The number of hydrogen-bond donors (Lipinski definition) is 1. The number of aromatic nitrogens is 2. The van der Waals surface area contributed by atoms with Crippen LogP contribution in [0.25, 0.3) is 21.3 Å². The molecule has 0 aliphatic carbocycles. The zero-order chi connectivity index (χ0) is 20.2. The first-order valence-electron chi connectivity index (χ1n) is 11.0. The van der Waals surface area contributed by atoms with Crippen LogP contribution in [0.3, 0.4) is 0 Å². The third-order valence-corrected chi connectivity index (χ3v) is 6.82. The summed E-state index contributed by atoms with van der Waals surface area (Å²) in [7, 11) is 0. The number of benzene rings is 1. The van der Waals surface area contributed by atoms with Gasteiger partial charge in [-0.3, -0.25) is 4.90 Å². The first-order valence-corrected chi connectivity index (χ1v) is 11.8. The summed E-state index contributed by atoms with van der Waals surface area (Å²) in [5.41, 5.74) is 2.44. The molecular weight excluding hydrogens is 394 g/mol. The second kappa shape index (κ2) is 9.39. The fraction of sp³-hybridized carbons (Fsp3) is 0.478. The lowest BCUT2D eigenvalue weighted by atomic mass is 10.1. The lowest BCUT2D eigenvalue weighted by Gasteiger charge is -2.26. The Balaban J connectivity index is 1.44. The van der Waals surface area contributed by atoms with Crippen LogP contribution in [0.4, 0.5) is 5.82 Å². The number of likely N-dealkylation sites (tertiary alicyclic amines) is 1. The molecule has 2 aromatic heterocycles. The summed E-state index contributed by atoms with van der Waals surface area (Å²) in [6.45, 7) is 8.66. The highest BCUT2D eigenvalue weighted by molar-refractivity contribution is 7.17. The zero-order valence-electron chi connectivity index (χ0n) is 17.3. The van der Waals surface area contributed by atoms with Gasteiger partial charge in [0.15, 0.2) is 0 Å². The van der Waals surface area contributed by atoms with Crippen molar-refractivity contribution in [2.45, 2.75) is 19.4 Å². The van der Waals surface area contributed by atoms with Gasteiger partial charge in [-0.05, 0) is 31.5 Å². The SMILES string of the molecule is c1ccc(-c2csc3nc(CN4CCOCC4)nc(NCCN4CCCC4)c23)cc1. The molecule has 0 spiro atoms. The van der Waals surface area contributed by atoms with Gasteiger partial charge < -0.3 is 15.0 Å². The van der Waals surface area contributed by atoms with Gasteiger partial charge in [-0.2, -0.15) is 0 Å². The molecule has 2 aliphatic heterocycles. The lowest BCUT2D eigenvalue weighted by Crippen LogP contribution is -2.36. The predicted octanol–water partition coefficient (Wildman–Crippen LogP) is 3.70. The summed E-state index contributed by atoms with van der Waals surface area (Å²) >= 11 is 1.71. The summed E-state index contributed by atoms with van der Waals surface area (Å²) in [6, 6.07) is 10.6. The molecule has 1 N–H and O–H groups in total. The van der Waals surface area contributed by atoms with Gasteiger partial charge in [0.05, 0.1) is 25.1 Å². The first kappa shape index (κ1) is 19.9. The maximum Gasteiger partial charge on any atom is 0.146 e. The van der Waals surface area contributed by atoms with Crippen LogP contribution in [0.15, 0.2) is 35.7 Å². The molecule has 2 aliphatic rings. The van der Waals surface area contributed by atoms with Crippen molar-refractivity contribution >= 4 is 27.4 Å². The van der Waals surface area contributed by atoms with Gasteiger partial charge in [-0.1, -0.05) is 30.3 Å². The number of morpholine rings is 1. The van der Waals surface area contributed by atoms with E-state index in [-0.39, 0.29) is 0 Å². The third-order valence-electron chi connectivity index (χ3n) is 5.95. The van der Waals surface area contributed by atoms with Gasteiger partial charge >= 0.3 is 0 Å². The molecule has 1 aromatic carbocycles. The molecule has 3 aromatic rings. The van der Waals surface area contributed by atoms with Crippen LogP contribution < -0.4 is 5.32 Å². The van der Waals surface area contributed by atoms with Crippen molar-refractivity contribution in [2.75, 3.05) is 57.8 Å². The van der Waals surface area contributed by atoms with Gasteiger partial charge in [0.2, 0.25) is 0 Å². The molecule has 0 atom stereocenters. The van der Waals surface area contributed by atoms with Crippen LogP contribution in [0.5, 0.6) is 0 Å². The monoisotopic (exact) mass is 423 g/mol. The fourth-order valence-electron chi connectivity index (χ4n) is 4.31. The molecule has 0 unspecified atom stereocenters. The highest BCUT2D eigenvalue weighted by Crippen LogP contribution is 2.37. The zero-order valence-corrected chi connectivity index (χ0v) is 18.2. The second-order valence-electron chi connectivity index (χ2n) is 8.05. The van der Waals surface area contributed by atoms with Gasteiger partial charge in [0, 0.05) is 37.1 Å². The van der Waals surface area contributed by atoms with E-state index in [1.54, 1.807) is 11.3 Å². The van der Waals surface area contributed by atoms with E-state index in [1.807, 2.05) is 0 Å². The minimum absolute atomic E-state index is 0.776. The third kappa shape index (κ3) is 4.49. The Hall–Kier alpha value is -2.06. The molecule has 4 heterocycles. The maximum atomic E-state index is 5.49. The Morgan fingerprint density at radius 3 is 2.57 bits per heavy atom. The predicted molar refractivity (Wildman–Crippen MR) is 123 cm³/mol. The standard InChI is InChI=1S/C23H29N5OS/c1-2-6-18(7-3-1)19-17-30-23-21(19)22(24-8-11-27-9-4-5-10-27)25-20(26-23)16-28-12-14-29-15-13-28/h1-3,6-7,17H,4-5,8-16H2,(H,24,25,26).